The van der Waals surface area contributed by atoms with Gasteiger partial charge in [0.05, 0.1) is 24.9 Å². The number of fused-ring (bicyclic) bond motifs is 1. The maximum Gasteiger partial charge on any atom is 0.414 e. The molecule has 8 nitrogen and oxygen atoms in total. The normalized spacial score (nSPS) is 22.1. The second-order valence-corrected chi connectivity index (χ2v) is 8.52. The lowest BCUT2D eigenvalue weighted by Gasteiger charge is -2.38. The van der Waals surface area contributed by atoms with Gasteiger partial charge in [0.15, 0.2) is 11.5 Å². The summed E-state index contributed by atoms with van der Waals surface area (Å²) in [6, 6.07) is 13.1. The third-order valence-corrected chi connectivity index (χ3v) is 6.61. The van der Waals surface area contributed by atoms with E-state index in [0.717, 1.165) is 43.1 Å². The van der Waals surface area contributed by atoms with E-state index in [-0.39, 0.29) is 19.0 Å². The van der Waals surface area contributed by atoms with E-state index in [1.165, 1.54) is 0 Å². The van der Waals surface area contributed by atoms with Gasteiger partial charge in [-0.25, -0.2) is 4.79 Å². The summed E-state index contributed by atoms with van der Waals surface area (Å²) in [5, 5.41) is 11.2. The largest absolute Gasteiger partial charge is 0.495 e. The Morgan fingerprint density at radius 3 is 2.72 bits per heavy atom. The first kappa shape index (κ1) is 20.9. The van der Waals surface area contributed by atoms with E-state index >= 15 is 0 Å². The fraction of sp³-hybridized carbons (Fsp3) is 0.458. The van der Waals surface area contributed by atoms with Crippen LogP contribution in [0.2, 0.25) is 0 Å². The summed E-state index contributed by atoms with van der Waals surface area (Å²) in [6.45, 7) is 3.11. The van der Waals surface area contributed by atoms with E-state index < -0.39 is 5.60 Å². The molecule has 5 rings (SSSR count). The number of likely N-dealkylation sites (tertiary alicyclic amines) is 1. The fourth-order valence-electron chi connectivity index (χ4n) is 4.67. The number of amides is 1. The van der Waals surface area contributed by atoms with Crippen LogP contribution in [0.4, 0.5) is 10.5 Å². The minimum atomic E-state index is -0.863. The topological polar surface area (TPSA) is 80.7 Å². The lowest BCUT2D eigenvalue weighted by Crippen LogP contribution is -2.43. The Balaban J connectivity index is 1.14. The number of aliphatic hydroxyl groups is 1. The van der Waals surface area contributed by atoms with Gasteiger partial charge in [0.2, 0.25) is 6.79 Å². The van der Waals surface area contributed by atoms with Crippen LogP contribution in [0.25, 0.3) is 0 Å². The van der Waals surface area contributed by atoms with Gasteiger partial charge in [0, 0.05) is 19.6 Å². The van der Waals surface area contributed by atoms with E-state index in [4.69, 9.17) is 18.9 Å². The molecule has 1 unspecified atom stereocenters. The minimum absolute atomic E-state index is 0.165. The van der Waals surface area contributed by atoms with Crippen molar-refractivity contribution in [3.05, 3.63) is 48.0 Å². The second-order valence-electron chi connectivity index (χ2n) is 8.52. The molecular formula is C24H28N2O6. The number of para-hydroxylation sites is 2. The van der Waals surface area contributed by atoms with Crippen molar-refractivity contribution in [1.82, 2.24) is 4.90 Å². The van der Waals surface area contributed by atoms with Gasteiger partial charge in [0.25, 0.3) is 0 Å². The molecule has 0 aromatic heterocycles. The van der Waals surface area contributed by atoms with E-state index in [1.807, 2.05) is 42.5 Å². The first-order chi connectivity index (χ1) is 15.6. The van der Waals surface area contributed by atoms with Crippen molar-refractivity contribution < 1.29 is 28.8 Å². The van der Waals surface area contributed by atoms with Crippen molar-refractivity contribution in [1.29, 1.82) is 0 Å². The molecule has 0 aliphatic carbocycles. The zero-order valence-corrected chi connectivity index (χ0v) is 18.2. The highest BCUT2D eigenvalue weighted by atomic mass is 16.7. The van der Waals surface area contributed by atoms with Crippen LogP contribution in [0, 0.1) is 0 Å². The number of methoxy groups -OCH3 is 1. The smallest absolute Gasteiger partial charge is 0.414 e. The molecule has 0 saturated carbocycles. The lowest BCUT2D eigenvalue weighted by molar-refractivity contribution is -0.0276. The highest BCUT2D eigenvalue weighted by Crippen LogP contribution is 2.39. The molecule has 2 fully saturated rings. The summed E-state index contributed by atoms with van der Waals surface area (Å²) in [5.41, 5.74) is 0.741. The molecular weight excluding hydrogens is 412 g/mol. The lowest BCUT2D eigenvalue weighted by atomic mass is 9.84. The predicted octanol–water partition coefficient (Wildman–Crippen LogP) is 3.12. The molecule has 8 heteroatoms. The SMILES string of the molecule is COc1ccccc1N1CC(CCN2CCC(O)(c3ccc4c(c3)OCO4)CC2)OC1=O. The van der Waals surface area contributed by atoms with Crippen molar-refractivity contribution in [3.8, 4) is 17.2 Å². The number of hydrogen-bond donors (Lipinski definition) is 1. The van der Waals surface area contributed by atoms with Crippen molar-refractivity contribution in [2.45, 2.75) is 31.0 Å². The summed E-state index contributed by atoms with van der Waals surface area (Å²) in [6.07, 6.45) is 1.53. The number of ether oxygens (including phenoxy) is 4. The van der Waals surface area contributed by atoms with Crippen LogP contribution in [-0.2, 0) is 10.3 Å². The maximum absolute atomic E-state index is 12.4. The average Bonchev–Trinajstić information content (AvgIpc) is 3.44. The van der Waals surface area contributed by atoms with Gasteiger partial charge in [-0.15, -0.1) is 0 Å². The Morgan fingerprint density at radius 2 is 1.91 bits per heavy atom. The number of piperidine rings is 1. The van der Waals surface area contributed by atoms with Crippen molar-refractivity contribution in [3.63, 3.8) is 0 Å². The Morgan fingerprint density at radius 1 is 1.12 bits per heavy atom. The van der Waals surface area contributed by atoms with Crippen molar-refractivity contribution in [2.24, 2.45) is 0 Å². The fourth-order valence-corrected chi connectivity index (χ4v) is 4.67. The van der Waals surface area contributed by atoms with E-state index in [2.05, 4.69) is 4.90 Å². The number of hydrogen-bond acceptors (Lipinski definition) is 7. The summed E-state index contributed by atoms with van der Waals surface area (Å²) in [4.78, 5) is 16.4. The molecule has 3 heterocycles. The first-order valence-electron chi connectivity index (χ1n) is 11.0. The molecule has 2 aromatic carbocycles. The second kappa shape index (κ2) is 8.52. The highest BCUT2D eigenvalue weighted by molar-refractivity contribution is 5.91. The van der Waals surface area contributed by atoms with E-state index in [1.54, 1.807) is 12.0 Å². The van der Waals surface area contributed by atoms with Gasteiger partial charge in [-0.05, 0) is 49.1 Å². The molecule has 1 atom stereocenters. The monoisotopic (exact) mass is 440 g/mol. The zero-order valence-electron chi connectivity index (χ0n) is 18.2. The maximum atomic E-state index is 12.4. The molecule has 1 amide bonds. The summed E-state index contributed by atoms with van der Waals surface area (Å²) >= 11 is 0. The van der Waals surface area contributed by atoms with Crippen molar-refractivity contribution >= 4 is 11.8 Å². The molecule has 0 radical (unpaired) electrons. The predicted molar refractivity (Wildman–Crippen MR) is 117 cm³/mol. The van der Waals surface area contributed by atoms with Crippen LogP contribution in [0.1, 0.15) is 24.8 Å². The Kier molecular flexibility index (Phi) is 5.57. The Bertz CT molecular complexity index is 988. The van der Waals surface area contributed by atoms with Gasteiger partial charge in [-0.3, -0.25) is 4.90 Å². The molecule has 0 bridgehead atoms. The number of carbonyl (C=O) groups excluding carboxylic acids is 1. The molecule has 2 aromatic rings. The van der Waals surface area contributed by atoms with Gasteiger partial charge < -0.3 is 29.0 Å². The number of rotatable bonds is 6. The van der Waals surface area contributed by atoms with Crippen LogP contribution >= 0.6 is 0 Å². The van der Waals surface area contributed by atoms with Crippen LogP contribution < -0.4 is 19.1 Å². The summed E-state index contributed by atoms with van der Waals surface area (Å²) in [5.74, 6) is 2.08. The van der Waals surface area contributed by atoms with Gasteiger partial charge in [-0.1, -0.05) is 18.2 Å². The number of anilines is 1. The molecule has 2 saturated heterocycles. The first-order valence-corrected chi connectivity index (χ1v) is 11.0. The average molecular weight is 440 g/mol. The van der Waals surface area contributed by atoms with E-state index in [0.29, 0.717) is 30.9 Å². The zero-order chi connectivity index (χ0) is 22.1. The third kappa shape index (κ3) is 3.96. The number of carbonyl (C=O) groups is 1. The van der Waals surface area contributed by atoms with Gasteiger partial charge in [0.1, 0.15) is 11.9 Å². The van der Waals surface area contributed by atoms with Crippen LogP contribution in [0.15, 0.2) is 42.5 Å². The van der Waals surface area contributed by atoms with Crippen LogP contribution in [0.5, 0.6) is 17.2 Å². The molecule has 0 spiro atoms. The number of benzene rings is 2. The molecule has 3 aliphatic rings. The molecule has 170 valence electrons. The summed E-state index contributed by atoms with van der Waals surface area (Å²) < 4.78 is 21.8. The number of nitrogens with zero attached hydrogens (tertiary/aromatic N) is 2. The highest BCUT2D eigenvalue weighted by Gasteiger charge is 2.37. The van der Waals surface area contributed by atoms with Crippen molar-refractivity contribution in [2.75, 3.05) is 45.0 Å². The quantitative estimate of drug-likeness (QED) is 0.739. The summed E-state index contributed by atoms with van der Waals surface area (Å²) in [7, 11) is 1.60. The van der Waals surface area contributed by atoms with E-state index in [9.17, 15) is 9.90 Å². The Hall–Kier alpha value is -2.97. The molecule has 3 aliphatic heterocycles. The van der Waals surface area contributed by atoms with Gasteiger partial charge >= 0.3 is 6.09 Å². The minimum Gasteiger partial charge on any atom is -0.495 e. The number of cyclic esters (lactones) is 1. The molecule has 32 heavy (non-hydrogen) atoms. The molecule has 1 N–H and O–H groups in total. The van der Waals surface area contributed by atoms with Crippen LogP contribution in [0.3, 0.4) is 0 Å². The van der Waals surface area contributed by atoms with Gasteiger partial charge in [-0.2, -0.15) is 0 Å². The Labute approximate surface area is 187 Å². The standard InChI is InChI=1S/C24H28N2O6/c1-29-20-5-3-2-4-19(20)26-15-18(32-23(26)27)8-11-25-12-9-24(28,10-13-25)17-6-7-21-22(14-17)31-16-30-21/h2-7,14,18,28H,8-13,15-16H2,1H3. The van der Waals surface area contributed by atoms with Crippen LogP contribution in [-0.4, -0.2) is 62.3 Å². The third-order valence-electron chi connectivity index (χ3n) is 6.61.